The normalized spacial score (nSPS) is 11.0. The molecule has 3 aromatic carbocycles. The van der Waals surface area contributed by atoms with Crippen molar-refractivity contribution < 1.29 is 14.3 Å². The highest BCUT2D eigenvalue weighted by Crippen LogP contribution is 2.21. The number of hydrogen-bond acceptors (Lipinski definition) is 4. The zero-order chi connectivity index (χ0) is 25.9. The average Bonchev–Trinajstić information content (AvgIpc) is 3.28. The minimum absolute atomic E-state index is 0.0613. The van der Waals surface area contributed by atoms with Gasteiger partial charge in [0.25, 0.3) is 5.91 Å². The molecule has 0 fully saturated rings. The van der Waals surface area contributed by atoms with E-state index in [4.69, 9.17) is 26.1 Å². The van der Waals surface area contributed by atoms with E-state index in [1.165, 1.54) is 5.52 Å². The molecule has 37 heavy (non-hydrogen) atoms. The molecule has 194 valence electrons. The molecule has 0 radical (unpaired) electrons. The van der Waals surface area contributed by atoms with Gasteiger partial charge in [0.1, 0.15) is 17.3 Å². The molecule has 0 aliphatic heterocycles. The summed E-state index contributed by atoms with van der Waals surface area (Å²) in [6.07, 6.45) is 5.86. The SMILES string of the molecule is COc1cccc(OCCCCn2c(CCCCCNC(=O)c3ccc(Cl)cc3)nc3ccccc32)c1. The van der Waals surface area contributed by atoms with Crippen molar-refractivity contribution in [2.24, 2.45) is 0 Å². The maximum atomic E-state index is 12.2. The highest BCUT2D eigenvalue weighted by molar-refractivity contribution is 6.30. The first-order chi connectivity index (χ1) is 18.1. The maximum absolute atomic E-state index is 12.2. The summed E-state index contributed by atoms with van der Waals surface area (Å²) in [5, 5.41) is 3.62. The van der Waals surface area contributed by atoms with E-state index in [2.05, 4.69) is 28.1 Å². The maximum Gasteiger partial charge on any atom is 0.251 e. The molecule has 0 spiro atoms. The smallest absolute Gasteiger partial charge is 0.251 e. The Kier molecular flexibility index (Phi) is 9.83. The second-order valence-corrected chi connectivity index (χ2v) is 9.41. The Balaban J connectivity index is 1.21. The van der Waals surface area contributed by atoms with Gasteiger partial charge < -0.3 is 19.4 Å². The fourth-order valence-corrected chi connectivity index (χ4v) is 4.43. The zero-order valence-corrected chi connectivity index (χ0v) is 22.0. The Morgan fingerprint density at radius 2 is 1.73 bits per heavy atom. The summed E-state index contributed by atoms with van der Waals surface area (Å²) in [5.74, 6) is 2.70. The standard InChI is InChI=1S/C30H34ClN3O3/c1-36-25-10-9-11-26(22-25)37-21-8-7-20-34-28-13-5-4-12-27(28)33-29(34)14-3-2-6-19-32-30(35)23-15-17-24(31)18-16-23/h4-5,9-13,15-18,22H,2-3,6-8,14,19-21H2,1H3,(H,32,35). The first-order valence-corrected chi connectivity index (χ1v) is 13.3. The first kappa shape index (κ1) is 26.6. The van der Waals surface area contributed by atoms with Crippen molar-refractivity contribution in [3.05, 3.63) is 89.2 Å². The van der Waals surface area contributed by atoms with Crippen molar-refractivity contribution in [3.63, 3.8) is 0 Å². The molecular weight excluding hydrogens is 486 g/mol. The molecule has 1 heterocycles. The van der Waals surface area contributed by atoms with Gasteiger partial charge in [-0.2, -0.15) is 0 Å². The monoisotopic (exact) mass is 519 g/mol. The quantitative estimate of drug-likeness (QED) is 0.188. The molecular formula is C30H34ClN3O3. The van der Waals surface area contributed by atoms with Crippen LogP contribution in [-0.2, 0) is 13.0 Å². The molecule has 1 aromatic heterocycles. The topological polar surface area (TPSA) is 65.4 Å². The average molecular weight is 520 g/mol. The predicted octanol–water partition coefficient (Wildman–Crippen LogP) is 6.70. The van der Waals surface area contributed by atoms with Crippen LogP contribution in [0.2, 0.25) is 5.02 Å². The van der Waals surface area contributed by atoms with Gasteiger partial charge in [0.2, 0.25) is 0 Å². The van der Waals surface area contributed by atoms with E-state index in [0.717, 1.165) is 67.9 Å². The van der Waals surface area contributed by atoms with Crippen LogP contribution >= 0.6 is 11.6 Å². The number of ether oxygens (including phenoxy) is 2. The summed E-state index contributed by atoms with van der Waals surface area (Å²) in [6, 6.07) is 23.0. The number of aromatic nitrogens is 2. The summed E-state index contributed by atoms with van der Waals surface area (Å²) < 4.78 is 13.5. The number of carbonyl (C=O) groups is 1. The Morgan fingerprint density at radius 1 is 0.919 bits per heavy atom. The van der Waals surface area contributed by atoms with Crippen molar-refractivity contribution in [2.75, 3.05) is 20.3 Å². The lowest BCUT2D eigenvalue weighted by atomic mass is 10.1. The summed E-state index contributed by atoms with van der Waals surface area (Å²) in [7, 11) is 1.66. The van der Waals surface area contributed by atoms with Crippen LogP contribution in [0.3, 0.4) is 0 Å². The minimum Gasteiger partial charge on any atom is -0.497 e. The third kappa shape index (κ3) is 7.73. The van der Waals surface area contributed by atoms with Crippen molar-refractivity contribution >= 4 is 28.5 Å². The van der Waals surface area contributed by atoms with Crippen molar-refractivity contribution in [2.45, 2.75) is 45.1 Å². The fraction of sp³-hybridized carbons (Fsp3) is 0.333. The number of fused-ring (bicyclic) bond motifs is 1. The highest BCUT2D eigenvalue weighted by Gasteiger charge is 2.10. The number of carbonyl (C=O) groups excluding carboxylic acids is 1. The summed E-state index contributed by atoms with van der Waals surface area (Å²) in [6.45, 7) is 2.23. The molecule has 0 unspecified atom stereocenters. The van der Waals surface area contributed by atoms with Crippen LogP contribution in [0.5, 0.6) is 11.5 Å². The highest BCUT2D eigenvalue weighted by atomic mass is 35.5. The molecule has 1 amide bonds. The number of amides is 1. The predicted molar refractivity (Wildman–Crippen MR) is 149 cm³/mol. The van der Waals surface area contributed by atoms with Gasteiger partial charge in [-0.1, -0.05) is 36.2 Å². The Labute approximate surface area is 223 Å². The van der Waals surface area contributed by atoms with Crippen molar-refractivity contribution in [1.29, 1.82) is 0 Å². The number of benzene rings is 3. The minimum atomic E-state index is -0.0613. The van der Waals surface area contributed by atoms with Gasteiger partial charge in [-0.05, 0) is 74.2 Å². The van der Waals surface area contributed by atoms with Gasteiger partial charge >= 0.3 is 0 Å². The number of unbranched alkanes of at least 4 members (excludes halogenated alkanes) is 3. The van der Waals surface area contributed by atoms with Crippen LogP contribution < -0.4 is 14.8 Å². The van der Waals surface area contributed by atoms with Crippen LogP contribution in [0.15, 0.2) is 72.8 Å². The lowest BCUT2D eigenvalue weighted by Crippen LogP contribution is -2.24. The number of halogens is 1. The summed E-state index contributed by atoms with van der Waals surface area (Å²) in [4.78, 5) is 17.1. The molecule has 0 bridgehead atoms. The molecule has 4 aromatic rings. The fourth-order valence-electron chi connectivity index (χ4n) is 4.31. The van der Waals surface area contributed by atoms with Gasteiger partial charge in [-0.15, -0.1) is 0 Å². The number of imidazole rings is 1. The van der Waals surface area contributed by atoms with E-state index in [9.17, 15) is 4.79 Å². The Morgan fingerprint density at radius 3 is 2.57 bits per heavy atom. The van der Waals surface area contributed by atoms with Gasteiger partial charge in [0, 0.05) is 36.2 Å². The molecule has 1 N–H and O–H groups in total. The van der Waals surface area contributed by atoms with Gasteiger partial charge in [0.05, 0.1) is 24.8 Å². The number of aryl methyl sites for hydroxylation is 2. The number of methoxy groups -OCH3 is 1. The summed E-state index contributed by atoms with van der Waals surface area (Å²) in [5.41, 5.74) is 2.86. The molecule has 0 aliphatic rings. The van der Waals surface area contributed by atoms with Crippen LogP contribution in [-0.4, -0.2) is 35.7 Å². The molecule has 0 saturated carbocycles. The first-order valence-electron chi connectivity index (χ1n) is 12.9. The lowest BCUT2D eigenvalue weighted by molar-refractivity contribution is 0.0953. The van der Waals surface area contributed by atoms with E-state index in [1.54, 1.807) is 31.4 Å². The second kappa shape index (κ2) is 13.7. The molecule has 0 aliphatic carbocycles. The van der Waals surface area contributed by atoms with Crippen LogP contribution in [0, 0.1) is 0 Å². The largest absolute Gasteiger partial charge is 0.497 e. The summed E-state index contributed by atoms with van der Waals surface area (Å²) >= 11 is 5.89. The van der Waals surface area contributed by atoms with Gasteiger partial charge in [0.15, 0.2) is 0 Å². The third-order valence-corrected chi connectivity index (χ3v) is 6.54. The molecule has 6 nitrogen and oxygen atoms in total. The number of nitrogens with one attached hydrogen (secondary N) is 1. The third-order valence-electron chi connectivity index (χ3n) is 6.29. The Hall–Kier alpha value is -3.51. The second-order valence-electron chi connectivity index (χ2n) is 8.98. The van der Waals surface area contributed by atoms with E-state index in [0.29, 0.717) is 23.7 Å². The number of rotatable bonds is 14. The van der Waals surface area contributed by atoms with Gasteiger partial charge in [-0.3, -0.25) is 4.79 Å². The Bertz CT molecular complexity index is 1290. The van der Waals surface area contributed by atoms with E-state index in [-0.39, 0.29) is 5.91 Å². The van der Waals surface area contributed by atoms with Crippen molar-refractivity contribution in [1.82, 2.24) is 14.9 Å². The zero-order valence-electron chi connectivity index (χ0n) is 21.3. The number of para-hydroxylation sites is 2. The van der Waals surface area contributed by atoms with E-state index >= 15 is 0 Å². The number of nitrogens with zero attached hydrogens (tertiary/aromatic N) is 2. The van der Waals surface area contributed by atoms with Crippen LogP contribution in [0.4, 0.5) is 0 Å². The van der Waals surface area contributed by atoms with E-state index in [1.807, 2.05) is 30.3 Å². The van der Waals surface area contributed by atoms with Crippen LogP contribution in [0.25, 0.3) is 11.0 Å². The lowest BCUT2D eigenvalue weighted by Gasteiger charge is -2.11. The number of hydrogen-bond donors (Lipinski definition) is 1. The molecule has 0 atom stereocenters. The molecule has 0 saturated heterocycles. The van der Waals surface area contributed by atoms with Gasteiger partial charge in [-0.25, -0.2) is 4.98 Å². The van der Waals surface area contributed by atoms with Crippen molar-refractivity contribution in [3.8, 4) is 11.5 Å². The molecule has 7 heteroatoms. The van der Waals surface area contributed by atoms with E-state index < -0.39 is 0 Å². The molecule has 4 rings (SSSR count). The van der Waals surface area contributed by atoms with Crippen LogP contribution in [0.1, 0.15) is 48.3 Å².